The first-order valence-electron chi connectivity index (χ1n) is 7.78. The minimum absolute atomic E-state index is 0.307. The first-order chi connectivity index (χ1) is 8.69. The molecular weight excluding hydrogens is 224 g/mol. The van der Waals surface area contributed by atoms with Gasteiger partial charge < -0.3 is 10.5 Å². The van der Waals surface area contributed by atoms with E-state index in [0.717, 1.165) is 31.5 Å². The van der Waals surface area contributed by atoms with Gasteiger partial charge in [0.2, 0.25) is 0 Å². The summed E-state index contributed by atoms with van der Waals surface area (Å²) in [5.74, 6) is 1.81. The van der Waals surface area contributed by atoms with Gasteiger partial charge in [0.15, 0.2) is 0 Å². The smallest absolute Gasteiger partial charge is 0.0675 e. The van der Waals surface area contributed by atoms with E-state index in [1.165, 1.54) is 32.1 Å². The highest BCUT2D eigenvalue weighted by Gasteiger charge is 2.55. The second-order valence-corrected chi connectivity index (χ2v) is 6.75. The third-order valence-electron chi connectivity index (χ3n) is 5.81. The average Bonchev–Trinajstić information content (AvgIpc) is 2.99. The van der Waals surface area contributed by atoms with Crippen molar-refractivity contribution in [2.75, 3.05) is 19.7 Å². The Hall–Kier alpha value is -0.120. The maximum atomic E-state index is 6.27. The fraction of sp³-hybridized carbons (Fsp3) is 1.00. The van der Waals surface area contributed by atoms with E-state index in [0.29, 0.717) is 17.7 Å². The zero-order chi connectivity index (χ0) is 12.8. The van der Waals surface area contributed by atoms with E-state index < -0.39 is 0 Å². The Kier molecular flexibility index (Phi) is 3.41. The van der Waals surface area contributed by atoms with Crippen molar-refractivity contribution in [3.8, 4) is 0 Å². The summed E-state index contributed by atoms with van der Waals surface area (Å²) in [4.78, 5) is 2.75. The zero-order valence-corrected chi connectivity index (χ0v) is 11.9. The normalized spacial score (nSPS) is 48.8. The number of hydrogen-bond acceptors (Lipinski definition) is 3. The van der Waals surface area contributed by atoms with Gasteiger partial charge in [-0.3, -0.25) is 4.90 Å². The average molecular weight is 252 g/mol. The summed E-state index contributed by atoms with van der Waals surface area (Å²) in [5.41, 5.74) is 6.57. The monoisotopic (exact) mass is 252 g/mol. The molecule has 0 amide bonds. The predicted octanol–water partition coefficient (Wildman–Crippen LogP) is 2.00. The van der Waals surface area contributed by atoms with E-state index in [2.05, 4.69) is 18.7 Å². The molecule has 0 aromatic rings. The minimum atomic E-state index is 0.307. The zero-order valence-electron chi connectivity index (χ0n) is 11.9. The van der Waals surface area contributed by atoms with Gasteiger partial charge in [0.25, 0.3) is 0 Å². The van der Waals surface area contributed by atoms with Gasteiger partial charge in [0.05, 0.1) is 12.7 Å². The van der Waals surface area contributed by atoms with Crippen LogP contribution in [0.4, 0.5) is 0 Å². The molecule has 0 radical (unpaired) electrons. The summed E-state index contributed by atoms with van der Waals surface area (Å²) in [6.07, 6.45) is 7.19. The highest BCUT2D eigenvalue weighted by Crippen LogP contribution is 2.54. The third kappa shape index (κ3) is 1.83. The number of morpholine rings is 1. The number of nitrogens with two attached hydrogens (primary N) is 1. The molecule has 1 saturated heterocycles. The van der Waals surface area contributed by atoms with Gasteiger partial charge in [-0.05, 0) is 44.4 Å². The number of ether oxygens (including phenoxy) is 1. The molecule has 2 N–H and O–H groups in total. The molecule has 3 nitrogen and oxygen atoms in total. The van der Waals surface area contributed by atoms with Gasteiger partial charge >= 0.3 is 0 Å². The van der Waals surface area contributed by atoms with Gasteiger partial charge in [-0.1, -0.05) is 13.3 Å². The van der Waals surface area contributed by atoms with E-state index in [1.54, 1.807) is 0 Å². The Labute approximate surface area is 111 Å². The summed E-state index contributed by atoms with van der Waals surface area (Å²) in [6.45, 7) is 7.32. The highest BCUT2D eigenvalue weighted by molar-refractivity contribution is 5.10. The molecule has 2 bridgehead atoms. The number of nitrogens with zero attached hydrogens (tertiary/aromatic N) is 1. The molecule has 3 fully saturated rings. The Balaban J connectivity index is 1.85. The van der Waals surface area contributed by atoms with Crippen LogP contribution in [0.25, 0.3) is 0 Å². The molecule has 3 rings (SSSR count). The SMILES string of the molecule is CCC1COC(C)CN1C1(CN)CC2CCC1C2. The van der Waals surface area contributed by atoms with Crippen molar-refractivity contribution in [3.05, 3.63) is 0 Å². The number of fused-ring (bicyclic) bond motifs is 2. The summed E-state index contributed by atoms with van der Waals surface area (Å²) in [5, 5.41) is 0. The molecule has 0 spiro atoms. The maximum absolute atomic E-state index is 6.27. The third-order valence-corrected chi connectivity index (χ3v) is 5.81. The van der Waals surface area contributed by atoms with E-state index in [9.17, 15) is 0 Å². The van der Waals surface area contributed by atoms with Gasteiger partial charge in [0, 0.05) is 24.7 Å². The summed E-state index contributed by atoms with van der Waals surface area (Å²) < 4.78 is 5.86. The van der Waals surface area contributed by atoms with Crippen LogP contribution in [0.2, 0.25) is 0 Å². The standard InChI is InChI=1S/C15H28N2O/c1-3-14-9-18-11(2)8-17(14)15(10-16)7-12-4-5-13(15)6-12/h11-14H,3-10,16H2,1-2H3. The van der Waals surface area contributed by atoms with Gasteiger partial charge in [-0.25, -0.2) is 0 Å². The molecule has 0 aromatic carbocycles. The van der Waals surface area contributed by atoms with Gasteiger partial charge in [-0.15, -0.1) is 0 Å². The van der Waals surface area contributed by atoms with Crippen LogP contribution in [-0.4, -0.2) is 42.3 Å². The van der Waals surface area contributed by atoms with Crippen LogP contribution in [0.5, 0.6) is 0 Å². The first kappa shape index (κ1) is 12.9. The summed E-state index contributed by atoms with van der Waals surface area (Å²) >= 11 is 0. The minimum Gasteiger partial charge on any atom is -0.376 e. The van der Waals surface area contributed by atoms with Crippen molar-refractivity contribution in [3.63, 3.8) is 0 Å². The largest absolute Gasteiger partial charge is 0.376 e. The van der Waals surface area contributed by atoms with Gasteiger partial charge in [0.1, 0.15) is 0 Å². The highest BCUT2D eigenvalue weighted by atomic mass is 16.5. The molecule has 1 heterocycles. The molecule has 5 unspecified atom stereocenters. The van der Waals surface area contributed by atoms with E-state index in [-0.39, 0.29) is 0 Å². The molecule has 3 aliphatic rings. The lowest BCUT2D eigenvalue weighted by molar-refractivity contribution is -0.113. The lowest BCUT2D eigenvalue weighted by Crippen LogP contribution is -2.65. The van der Waals surface area contributed by atoms with Crippen LogP contribution in [0.15, 0.2) is 0 Å². The van der Waals surface area contributed by atoms with Crippen molar-refractivity contribution in [1.82, 2.24) is 4.90 Å². The molecule has 104 valence electrons. The molecule has 3 heteroatoms. The molecule has 2 saturated carbocycles. The quantitative estimate of drug-likeness (QED) is 0.835. The topological polar surface area (TPSA) is 38.5 Å². The second-order valence-electron chi connectivity index (χ2n) is 6.75. The van der Waals surface area contributed by atoms with E-state index >= 15 is 0 Å². The van der Waals surface area contributed by atoms with Crippen molar-refractivity contribution in [2.45, 2.75) is 63.6 Å². The van der Waals surface area contributed by atoms with Crippen molar-refractivity contribution in [2.24, 2.45) is 17.6 Å². The Morgan fingerprint density at radius 2 is 2.22 bits per heavy atom. The molecule has 5 atom stereocenters. The van der Waals surface area contributed by atoms with Crippen molar-refractivity contribution < 1.29 is 4.74 Å². The molecule has 1 aliphatic heterocycles. The van der Waals surface area contributed by atoms with Crippen LogP contribution in [-0.2, 0) is 4.74 Å². The van der Waals surface area contributed by atoms with Crippen LogP contribution < -0.4 is 5.73 Å². The van der Waals surface area contributed by atoms with Crippen molar-refractivity contribution in [1.29, 1.82) is 0 Å². The van der Waals surface area contributed by atoms with Crippen LogP contribution >= 0.6 is 0 Å². The van der Waals surface area contributed by atoms with Crippen LogP contribution in [0.1, 0.15) is 46.0 Å². The molecule has 18 heavy (non-hydrogen) atoms. The van der Waals surface area contributed by atoms with E-state index in [1.807, 2.05) is 0 Å². The molecular formula is C15H28N2O. The summed E-state index contributed by atoms with van der Waals surface area (Å²) in [6, 6.07) is 0.587. The van der Waals surface area contributed by atoms with Crippen LogP contribution in [0.3, 0.4) is 0 Å². The Bertz CT molecular complexity index is 309. The Morgan fingerprint density at radius 3 is 2.78 bits per heavy atom. The number of rotatable bonds is 3. The molecule has 0 aromatic heterocycles. The van der Waals surface area contributed by atoms with Crippen molar-refractivity contribution >= 4 is 0 Å². The molecule has 2 aliphatic carbocycles. The fourth-order valence-electron chi connectivity index (χ4n) is 4.86. The Morgan fingerprint density at radius 1 is 1.39 bits per heavy atom. The first-order valence-corrected chi connectivity index (χ1v) is 7.78. The van der Waals surface area contributed by atoms with Gasteiger partial charge in [-0.2, -0.15) is 0 Å². The second kappa shape index (κ2) is 4.77. The summed E-state index contributed by atoms with van der Waals surface area (Å²) in [7, 11) is 0. The van der Waals surface area contributed by atoms with Crippen LogP contribution in [0, 0.1) is 11.8 Å². The van der Waals surface area contributed by atoms with E-state index in [4.69, 9.17) is 10.5 Å². The lowest BCUT2D eigenvalue weighted by atomic mass is 9.78. The lowest BCUT2D eigenvalue weighted by Gasteiger charge is -2.53. The maximum Gasteiger partial charge on any atom is 0.0675 e. The predicted molar refractivity (Wildman–Crippen MR) is 73.4 cm³/mol. The fourth-order valence-corrected chi connectivity index (χ4v) is 4.86. The number of hydrogen-bond donors (Lipinski definition) is 1.